The van der Waals surface area contributed by atoms with Gasteiger partial charge in [-0.05, 0) is 18.4 Å². The average molecular weight is 368 g/mol. The third kappa shape index (κ3) is 2.62. The molecule has 1 aromatic carbocycles. The first-order valence-corrected chi connectivity index (χ1v) is 9.74. The summed E-state index contributed by atoms with van der Waals surface area (Å²) < 4.78 is 5.98. The summed E-state index contributed by atoms with van der Waals surface area (Å²) in [5.74, 6) is -2.27. The Morgan fingerprint density at radius 1 is 1.22 bits per heavy atom. The quantitative estimate of drug-likeness (QED) is 0.816. The van der Waals surface area contributed by atoms with Crippen LogP contribution in [-0.2, 0) is 20.9 Å². The molecule has 1 N–H and O–H groups in total. The molecule has 5 rings (SSSR count). The Morgan fingerprint density at radius 3 is 2.67 bits per heavy atom. The van der Waals surface area contributed by atoms with Crippen LogP contribution in [0.3, 0.4) is 0 Å². The van der Waals surface area contributed by atoms with Crippen molar-refractivity contribution in [2.24, 2.45) is 11.8 Å². The molecule has 0 saturated carbocycles. The number of hydrogen-bond acceptors (Lipinski definition) is 4. The van der Waals surface area contributed by atoms with Gasteiger partial charge in [0.05, 0.1) is 18.6 Å². The monoisotopic (exact) mass is 368 g/mol. The maximum Gasteiger partial charge on any atom is 0.310 e. The Hall–Kier alpha value is -2.18. The van der Waals surface area contributed by atoms with Crippen molar-refractivity contribution in [1.29, 1.82) is 0 Å². The number of carbonyl (C=O) groups excluding carboxylic acids is 1. The second kappa shape index (κ2) is 6.17. The minimum absolute atomic E-state index is 0.0317. The summed E-state index contributed by atoms with van der Waals surface area (Å²) in [5, 5.41) is 9.58. The van der Waals surface area contributed by atoms with E-state index in [2.05, 4.69) is 29.2 Å². The highest BCUT2D eigenvalue weighted by atomic mass is 16.5. The van der Waals surface area contributed by atoms with Gasteiger partial charge in [0, 0.05) is 25.7 Å². The van der Waals surface area contributed by atoms with Crippen LogP contribution in [0, 0.1) is 11.8 Å². The van der Waals surface area contributed by atoms with E-state index >= 15 is 0 Å². The van der Waals surface area contributed by atoms with E-state index in [4.69, 9.17) is 4.74 Å². The molecule has 4 unspecified atom stereocenters. The van der Waals surface area contributed by atoms with E-state index in [1.165, 1.54) is 5.56 Å². The zero-order chi connectivity index (χ0) is 18.6. The van der Waals surface area contributed by atoms with E-state index in [9.17, 15) is 14.7 Å². The highest BCUT2D eigenvalue weighted by Gasteiger charge is 2.67. The fraction of sp³-hybridized carbons (Fsp3) is 0.524. The predicted octanol–water partition coefficient (Wildman–Crippen LogP) is 1.52. The number of carboxylic acids is 1. The van der Waals surface area contributed by atoms with Crippen molar-refractivity contribution in [3.63, 3.8) is 0 Å². The number of carbonyl (C=O) groups is 2. The molecule has 1 spiro atoms. The van der Waals surface area contributed by atoms with E-state index in [1.54, 1.807) is 0 Å². The molecule has 4 atom stereocenters. The van der Waals surface area contributed by atoms with E-state index in [0.29, 0.717) is 6.54 Å². The van der Waals surface area contributed by atoms with Gasteiger partial charge in [0.15, 0.2) is 0 Å². The number of hydrogen-bond donors (Lipinski definition) is 1. The van der Waals surface area contributed by atoms with Crippen LogP contribution < -0.4 is 0 Å². The number of aliphatic carboxylic acids is 1. The third-order valence-electron chi connectivity index (χ3n) is 6.66. The van der Waals surface area contributed by atoms with Gasteiger partial charge in [-0.1, -0.05) is 42.5 Å². The van der Waals surface area contributed by atoms with Gasteiger partial charge in [0.25, 0.3) is 0 Å². The molecule has 4 aliphatic heterocycles. The molecule has 4 aliphatic rings. The normalized spacial score (nSPS) is 35.8. The van der Waals surface area contributed by atoms with E-state index in [1.807, 2.05) is 23.1 Å². The minimum atomic E-state index is -0.927. The number of piperidine rings is 1. The van der Waals surface area contributed by atoms with E-state index in [-0.39, 0.29) is 11.9 Å². The molecule has 4 heterocycles. The highest BCUT2D eigenvalue weighted by molar-refractivity contribution is 5.91. The van der Waals surface area contributed by atoms with Crippen molar-refractivity contribution in [3.05, 3.63) is 48.0 Å². The van der Waals surface area contributed by atoms with Gasteiger partial charge in [-0.2, -0.15) is 0 Å². The third-order valence-corrected chi connectivity index (χ3v) is 6.66. The molecule has 0 aromatic heterocycles. The van der Waals surface area contributed by atoms with Gasteiger partial charge in [-0.15, -0.1) is 0 Å². The van der Waals surface area contributed by atoms with Crippen LogP contribution in [-0.4, -0.2) is 64.2 Å². The second-order valence-electron chi connectivity index (χ2n) is 8.20. The number of fused-ring (bicyclic) bond motifs is 1. The summed E-state index contributed by atoms with van der Waals surface area (Å²) in [6.07, 6.45) is 5.16. The van der Waals surface area contributed by atoms with Crippen molar-refractivity contribution < 1.29 is 19.4 Å². The molecule has 3 saturated heterocycles. The Bertz CT molecular complexity index is 787. The lowest BCUT2D eigenvalue weighted by molar-refractivity contribution is -0.148. The summed E-state index contributed by atoms with van der Waals surface area (Å²) in [7, 11) is 0. The first kappa shape index (κ1) is 17.0. The smallest absolute Gasteiger partial charge is 0.310 e. The SMILES string of the molecule is O=C(O)C1C2C=CC3(CN(C4CCN(Cc5ccccc5)CC4)C(=O)C13)O2. The Morgan fingerprint density at radius 2 is 1.96 bits per heavy atom. The molecule has 2 bridgehead atoms. The number of carboxylic acid groups (broad SMARTS) is 1. The lowest BCUT2D eigenvalue weighted by Gasteiger charge is -2.37. The van der Waals surface area contributed by atoms with Crippen LogP contribution in [0.5, 0.6) is 0 Å². The molecule has 142 valence electrons. The molecule has 6 heteroatoms. The first-order chi connectivity index (χ1) is 13.1. The van der Waals surface area contributed by atoms with E-state index in [0.717, 1.165) is 32.5 Å². The van der Waals surface area contributed by atoms with E-state index < -0.39 is 29.5 Å². The largest absolute Gasteiger partial charge is 0.481 e. The van der Waals surface area contributed by atoms with Gasteiger partial charge in [0.2, 0.25) is 5.91 Å². The van der Waals surface area contributed by atoms with Crippen LogP contribution >= 0.6 is 0 Å². The summed E-state index contributed by atoms with van der Waals surface area (Å²) in [5.41, 5.74) is 0.591. The zero-order valence-electron chi connectivity index (χ0n) is 15.2. The number of nitrogens with zero attached hydrogens (tertiary/aromatic N) is 2. The standard InChI is InChI=1S/C21H24N2O4/c24-19-18-17(20(25)26)16-6-9-21(18,27-16)13-23(19)15-7-10-22(11-8-15)12-14-4-2-1-3-5-14/h1-6,9,15-18H,7-8,10-13H2,(H,25,26). The van der Waals surface area contributed by atoms with Crippen molar-refractivity contribution in [3.8, 4) is 0 Å². The van der Waals surface area contributed by atoms with Crippen LogP contribution in [0.2, 0.25) is 0 Å². The maximum atomic E-state index is 13.1. The molecule has 0 aliphatic carbocycles. The molecule has 1 aromatic rings. The summed E-state index contributed by atoms with van der Waals surface area (Å²) in [6, 6.07) is 10.6. The molecular weight excluding hydrogens is 344 g/mol. The number of ether oxygens (including phenoxy) is 1. The van der Waals surface area contributed by atoms with Crippen molar-refractivity contribution >= 4 is 11.9 Å². The molecule has 3 fully saturated rings. The van der Waals surface area contributed by atoms with Crippen molar-refractivity contribution in [1.82, 2.24) is 9.80 Å². The maximum absolute atomic E-state index is 13.1. The summed E-state index contributed by atoms with van der Waals surface area (Å²) >= 11 is 0. The molecule has 27 heavy (non-hydrogen) atoms. The molecule has 1 amide bonds. The lowest BCUT2D eigenvalue weighted by Crippen LogP contribution is -2.47. The lowest BCUT2D eigenvalue weighted by atomic mass is 9.77. The van der Waals surface area contributed by atoms with Gasteiger partial charge in [0.1, 0.15) is 11.5 Å². The Balaban J connectivity index is 1.26. The van der Waals surface area contributed by atoms with Crippen LogP contribution in [0.25, 0.3) is 0 Å². The number of rotatable bonds is 4. The topological polar surface area (TPSA) is 70.1 Å². The molecule has 0 radical (unpaired) electrons. The van der Waals surface area contributed by atoms with Crippen molar-refractivity contribution in [2.75, 3.05) is 19.6 Å². The number of benzene rings is 1. The highest BCUT2D eigenvalue weighted by Crippen LogP contribution is 2.52. The van der Waals surface area contributed by atoms with Crippen LogP contribution in [0.4, 0.5) is 0 Å². The van der Waals surface area contributed by atoms with Crippen LogP contribution in [0.1, 0.15) is 18.4 Å². The van der Waals surface area contributed by atoms with Crippen molar-refractivity contribution in [2.45, 2.75) is 37.1 Å². The predicted molar refractivity (Wildman–Crippen MR) is 97.8 cm³/mol. The average Bonchev–Trinajstić information content (AvgIpc) is 3.31. The number of likely N-dealkylation sites (tertiary alicyclic amines) is 2. The van der Waals surface area contributed by atoms with Crippen LogP contribution in [0.15, 0.2) is 42.5 Å². The fourth-order valence-electron chi connectivity index (χ4n) is 5.35. The summed E-state index contributed by atoms with van der Waals surface area (Å²) in [4.78, 5) is 29.1. The zero-order valence-corrected chi connectivity index (χ0v) is 15.2. The Labute approximate surface area is 158 Å². The first-order valence-electron chi connectivity index (χ1n) is 9.74. The summed E-state index contributed by atoms with van der Waals surface area (Å²) in [6.45, 7) is 3.32. The molecular formula is C21H24N2O4. The minimum Gasteiger partial charge on any atom is -0.481 e. The van der Waals surface area contributed by atoms with Gasteiger partial charge in [-0.25, -0.2) is 0 Å². The second-order valence-corrected chi connectivity index (χ2v) is 8.20. The number of amides is 1. The van der Waals surface area contributed by atoms with Gasteiger partial charge in [-0.3, -0.25) is 14.5 Å². The van der Waals surface area contributed by atoms with Gasteiger partial charge >= 0.3 is 5.97 Å². The molecule has 6 nitrogen and oxygen atoms in total. The van der Waals surface area contributed by atoms with Gasteiger partial charge < -0.3 is 14.7 Å². The Kier molecular flexibility index (Phi) is 3.88. The fourth-order valence-corrected chi connectivity index (χ4v) is 5.35.